The van der Waals surface area contributed by atoms with Crippen molar-refractivity contribution in [3.05, 3.63) is 46.4 Å². The van der Waals surface area contributed by atoms with Crippen molar-refractivity contribution in [2.24, 2.45) is 0 Å². The molecular formula is C18H25N7O2. The second-order valence-electron chi connectivity index (χ2n) is 6.78. The van der Waals surface area contributed by atoms with Crippen molar-refractivity contribution in [3.63, 3.8) is 0 Å². The first kappa shape index (κ1) is 18.7. The molecule has 27 heavy (non-hydrogen) atoms. The first-order chi connectivity index (χ1) is 12.9. The number of aromatic nitrogens is 4. The van der Waals surface area contributed by atoms with Gasteiger partial charge in [-0.15, -0.1) is 0 Å². The van der Waals surface area contributed by atoms with Gasteiger partial charge in [0.05, 0.1) is 35.5 Å². The molecule has 9 heteroatoms. The van der Waals surface area contributed by atoms with E-state index >= 15 is 0 Å². The van der Waals surface area contributed by atoms with Crippen LogP contribution in [-0.4, -0.2) is 44.1 Å². The number of allylic oxidation sites excluding steroid dienone is 1. The molecule has 1 aliphatic rings. The Bertz CT molecular complexity index is 880. The first-order valence-corrected chi connectivity index (χ1v) is 8.97. The Kier molecular flexibility index (Phi) is 5.29. The number of carbonyl (C=O) groups excluding carboxylic acids is 2. The minimum atomic E-state index is -0.600. The van der Waals surface area contributed by atoms with Crippen LogP contribution in [0.1, 0.15) is 49.1 Å². The minimum Gasteiger partial charge on any atom is -0.348 e. The predicted molar refractivity (Wildman–Crippen MR) is 99.5 cm³/mol. The van der Waals surface area contributed by atoms with Crippen LogP contribution in [0.3, 0.4) is 0 Å². The maximum atomic E-state index is 13.2. The van der Waals surface area contributed by atoms with E-state index in [9.17, 15) is 9.59 Å². The van der Waals surface area contributed by atoms with Crippen LogP contribution in [-0.2, 0) is 17.8 Å². The number of likely N-dealkylation sites (N-methyl/N-ethyl adjacent to an activating group) is 1. The van der Waals surface area contributed by atoms with Crippen molar-refractivity contribution in [2.45, 2.75) is 46.2 Å². The third-order valence-electron chi connectivity index (χ3n) is 4.59. The fourth-order valence-corrected chi connectivity index (χ4v) is 3.25. The molecule has 3 heterocycles. The van der Waals surface area contributed by atoms with Gasteiger partial charge in [-0.3, -0.25) is 9.89 Å². The molecule has 3 amide bonds. The Labute approximate surface area is 157 Å². The van der Waals surface area contributed by atoms with E-state index in [1.165, 1.54) is 0 Å². The molecule has 0 unspecified atom stereocenters. The molecule has 0 saturated carbocycles. The van der Waals surface area contributed by atoms with E-state index in [4.69, 9.17) is 0 Å². The molecular weight excluding hydrogens is 346 g/mol. The molecule has 2 aromatic heterocycles. The number of aryl methyl sites for hydroxylation is 2. The zero-order chi connectivity index (χ0) is 19.6. The molecule has 0 bridgehead atoms. The maximum absolute atomic E-state index is 13.2. The van der Waals surface area contributed by atoms with Crippen molar-refractivity contribution < 1.29 is 9.59 Å². The van der Waals surface area contributed by atoms with Crippen LogP contribution in [0.25, 0.3) is 0 Å². The van der Waals surface area contributed by atoms with Gasteiger partial charge in [-0.2, -0.15) is 5.10 Å². The molecule has 1 aliphatic heterocycles. The van der Waals surface area contributed by atoms with Gasteiger partial charge >= 0.3 is 6.03 Å². The Balaban J connectivity index is 1.84. The number of nitrogens with one attached hydrogen (secondary N) is 4. The van der Waals surface area contributed by atoms with E-state index in [-0.39, 0.29) is 11.9 Å². The molecule has 0 radical (unpaired) electrons. The van der Waals surface area contributed by atoms with Gasteiger partial charge in [0.1, 0.15) is 6.04 Å². The lowest BCUT2D eigenvalue weighted by atomic mass is 9.97. The maximum Gasteiger partial charge on any atom is 0.319 e. The lowest BCUT2D eigenvalue weighted by Crippen LogP contribution is -2.47. The molecule has 9 nitrogen and oxygen atoms in total. The highest BCUT2D eigenvalue weighted by molar-refractivity contribution is 5.98. The topological polar surface area (TPSA) is 119 Å². The van der Waals surface area contributed by atoms with Crippen LogP contribution in [0.5, 0.6) is 0 Å². The summed E-state index contributed by atoms with van der Waals surface area (Å²) in [4.78, 5) is 34.0. The SMILES string of the molecule is CCCc1cc(CN(C)C(=O)C2=C(C)NC(=O)N[C@@H]2c2nc[nH]c2C)[nH]n1. The standard InChI is InChI=1S/C18H25N7O2/c1-5-6-12-7-13(24-23-12)8-25(4)17(26)14-10(2)21-18(27)22-16(14)15-11(3)19-9-20-15/h7,9,16H,5-6,8H2,1-4H3,(H,19,20)(H,23,24)(H2,21,22,27)/t16-/m0/s1. The lowest BCUT2D eigenvalue weighted by Gasteiger charge is -2.30. The average molecular weight is 371 g/mol. The number of H-pyrrole nitrogens is 2. The summed E-state index contributed by atoms with van der Waals surface area (Å²) >= 11 is 0. The Morgan fingerprint density at radius 3 is 2.78 bits per heavy atom. The number of imidazole rings is 1. The van der Waals surface area contributed by atoms with E-state index in [1.54, 1.807) is 25.2 Å². The van der Waals surface area contributed by atoms with Crippen LogP contribution in [0, 0.1) is 6.92 Å². The number of urea groups is 1. The highest BCUT2D eigenvalue weighted by Gasteiger charge is 2.34. The van der Waals surface area contributed by atoms with Gasteiger partial charge in [-0.25, -0.2) is 9.78 Å². The summed E-state index contributed by atoms with van der Waals surface area (Å²) in [5.74, 6) is -0.181. The van der Waals surface area contributed by atoms with Gasteiger partial charge in [0.2, 0.25) is 0 Å². The summed E-state index contributed by atoms with van der Waals surface area (Å²) in [5, 5.41) is 12.7. The van der Waals surface area contributed by atoms with Crippen LogP contribution >= 0.6 is 0 Å². The Hall–Kier alpha value is -3.10. The second-order valence-corrected chi connectivity index (χ2v) is 6.78. The number of amides is 3. The molecule has 0 aromatic carbocycles. The van der Waals surface area contributed by atoms with E-state index < -0.39 is 6.04 Å². The van der Waals surface area contributed by atoms with E-state index in [0.29, 0.717) is 23.5 Å². The van der Waals surface area contributed by atoms with Crippen molar-refractivity contribution >= 4 is 11.9 Å². The van der Waals surface area contributed by atoms with Gasteiger partial charge < -0.3 is 20.5 Å². The van der Waals surface area contributed by atoms with Gasteiger partial charge in [0.25, 0.3) is 5.91 Å². The predicted octanol–water partition coefficient (Wildman–Crippen LogP) is 1.68. The molecule has 0 saturated heterocycles. The molecule has 0 aliphatic carbocycles. The summed E-state index contributed by atoms with van der Waals surface area (Å²) in [5.41, 5.74) is 4.29. The lowest BCUT2D eigenvalue weighted by molar-refractivity contribution is -0.127. The van der Waals surface area contributed by atoms with Gasteiger partial charge in [-0.1, -0.05) is 13.3 Å². The normalized spacial score (nSPS) is 16.9. The Morgan fingerprint density at radius 1 is 1.33 bits per heavy atom. The summed E-state index contributed by atoms with van der Waals surface area (Å²) in [7, 11) is 1.73. The summed E-state index contributed by atoms with van der Waals surface area (Å²) in [6.45, 7) is 6.08. The first-order valence-electron chi connectivity index (χ1n) is 8.97. The van der Waals surface area contributed by atoms with E-state index in [0.717, 1.165) is 29.9 Å². The van der Waals surface area contributed by atoms with E-state index in [1.807, 2.05) is 13.0 Å². The largest absolute Gasteiger partial charge is 0.348 e. The van der Waals surface area contributed by atoms with Crippen LogP contribution in [0.2, 0.25) is 0 Å². The number of hydrogen-bond acceptors (Lipinski definition) is 4. The quantitative estimate of drug-likeness (QED) is 0.618. The minimum absolute atomic E-state index is 0.181. The van der Waals surface area contributed by atoms with Gasteiger partial charge in [-0.05, 0) is 26.3 Å². The third-order valence-corrected chi connectivity index (χ3v) is 4.59. The van der Waals surface area contributed by atoms with Gasteiger partial charge in [0.15, 0.2) is 0 Å². The smallest absolute Gasteiger partial charge is 0.319 e. The van der Waals surface area contributed by atoms with E-state index in [2.05, 4.69) is 37.7 Å². The molecule has 0 fully saturated rings. The molecule has 1 atom stereocenters. The molecule has 0 spiro atoms. The van der Waals surface area contributed by atoms with Crippen LogP contribution < -0.4 is 10.6 Å². The molecule has 2 aromatic rings. The highest BCUT2D eigenvalue weighted by atomic mass is 16.2. The fraction of sp³-hybridized carbons (Fsp3) is 0.444. The molecule has 3 rings (SSSR count). The van der Waals surface area contributed by atoms with Gasteiger partial charge in [0, 0.05) is 18.4 Å². The Morgan fingerprint density at radius 2 is 2.11 bits per heavy atom. The zero-order valence-electron chi connectivity index (χ0n) is 16.0. The fourth-order valence-electron chi connectivity index (χ4n) is 3.25. The second kappa shape index (κ2) is 7.65. The third kappa shape index (κ3) is 3.86. The number of carbonyl (C=O) groups is 2. The number of hydrogen-bond donors (Lipinski definition) is 4. The van der Waals surface area contributed by atoms with Crippen molar-refractivity contribution in [3.8, 4) is 0 Å². The summed E-state index contributed by atoms with van der Waals surface area (Å²) in [6.07, 6.45) is 3.47. The average Bonchev–Trinajstić information content (AvgIpc) is 3.23. The van der Waals surface area contributed by atoms with Crippen LogP contribution in [0.15, 0.2) is 23.7 Å². The number of rotatable bonds is 6. The van der Waals surface area contributed by atoms with Crippen LogP contribution in [0.4, 0.5) is 4.79 Å². The van der Waals surface area contributed by atoms with Crippen molar-refractivity contribution in [1.82, 2.24) is 35.7 Å². The van der Waals surface area contributed by atoms with Crippen molar-refractivity contribution in [1.29, 1.82) is 0 Å². The summed E-state index contributed by atoms with van der Waals surface area (Å²) < 4.78 is 0. The highest BCUT2D eigenvalue weighted by Crippen LogP contribution is 2.28. The zero-order valence-corrected chi connectivity index (χ0v) is 16.0. The summed E-state index contributed by atoms with van der Waals surface area (Å²) in [6, 6.07) is 1.03. The molecule has 4 N–H and O–H groups in total. The molecule has 144 valence electrons. The number of nitrogens with zero attached hydrogens (tertiary/aromatic N) is 3. The monoisotopic (exact) mass is 371 g/mol. The van der Waals surface area contributed by atoms with Crippen molar-refractivity contribution in [2.75, 3.05) is 7.05 Å². The number of aromatic amines is 2.